The molecule has 1 aliphatic heterocycles. The van der Waals surface area contributed by atoms with Gasteiger partial charge in [-0.15, -0.1) is 6.42 Å². The van der Waals surface area contributed by atoms with Crippen molar-refractivity contribution in [3.05, 3.63) is 17.8 Å². The fourth-order valence-electron chi connectivity index (χ4n) is 2.35. The van der Waals surface area contributed by atoms with E-state index in [4.69, 9.17) is 22.8 Å². The first-order chi connectivity index (χ1) is 10.0. The molecule has 0 aliphatic carbocycles. The van der Waals surface area contributed by atoms with Gasteiger partial charge in [0.2, 0.25) is 0 Å². The van der Waals surface area contributed by atoms with Crippen molar-refractivity contribution in [2.75, 3.05) is 6.61 Å². The zero-order valence-electron chi connectivity index (χ0n) is 10.6. The van der Waals surface area contributed by atoms with Crippen molar-refractivity contribution < 1.29 is 20.1 Å². The number of fused-ring (bicyclic) bond motifs is 1. The third-order valence-electron chi connectivity index (χ3n) is 3.46. The summed E-state index contributed by atoms with van der Waals surface area (Å²) < 4.78 is 6.80. The van der Waals surface area contributed by atoms with Crippen LogP contribution in [-0.4, -0.2) is 59.3 Å². The highest BCUT2D eigenvalue weighted by Gasteiger charge is 2.55. The highest BCUT2D eigenvalue weighted by atomic mass is 35.5. The van der Waals surface area contributed by atoms with Crippen LogP contribution in [0.1, 0.15) is 6.23 Å². The third-order valence-corrected chi connectivity index (χ3v) is 3.74. The molecule has 3 heterocycles. The molecule has 1 saturated heterocycles. The minimum atomic E-state index is -2.03. The Morgan fingerprint density at radius 1 is 1.48 bits per heavy atom. The lowest BCUT2D eigenvalue weighted by atomic mass is 9.95. The number of aromatic nitrogens is 4. The summed E-state index contributed by atoms with van der Waals surface area (Å²) in [5.74, 6) is 2.12. The largest absolute Gasteiger partial charge is 0.394 e. The number of hydrogen-bond acceptors (Lipinski definition) is 7. The Labute approximate surface area is 124 Å². The van der Waals surface area contributed by atoms with Gasteiger partial charge in [0, 0.05) is 0 Å². The van der Waals surface area contributed by atoms with E-state index in [1.807, 2.05) is 0 Å². The molecule has 110 valence electrons. The Morgan fingerprint density at radius 3 is 2.90 bits per heavy atom. The maximum atomic E-state index is 10.5. The molecule has 0 spiro atoms. The van der Waals surface area contributed by atoms with E-state index in [0.717, 1.165) is 0 Å². The lowest BCUT2D eigenvalue weighted by molar-refractivity contribution is -0.0721. The van der Waals surface area contributed by atoms with Crippen LogP contribution in [0.5, 0.6) is 0 Å². The highest BCUT2D eigenvalue weighted by molar-refractivity contribution is 6.33. The average molecular weight is 311 g/mol. The van der Waals surface area contributed by atoms with Crippen molar-refractivity contribution in [3.8, 4) is 12.3 Å². The zero-order chi connectivity index (χ0) is 15.2. The molecule has 0 amide bonds. The number of aliphatic hydroxyl groups excluding tert-OH is 2. The summed E-state index contributed by atoms with van der Waals surface area (Å²) in [6, 6.07) is 0. The summed E-state index contributed by atoms with van der Waals surface area (Å²) >= 11 is 5.91. The summed E-state index contributed by atoms with van der Waals surface area (Å²) in [4.78, 5) is 11.9. The number of terminal acetylenes is 1. The van der Waals surface area contributed by atoms with Gasteiger partial charge in [0.05, 0.1) is 12.9 Å². The normalized spacial score (nSPS) is 32.4. The lowest BCUT2D eigenvalue weighted by Gasteiger charge is -2.26. The van der Waals surface area contributed by atoms with Gasteiger partial charge >= 0.3 is 0 Å². The number of halogens is 1. The number of imidazole rings is 1. The molecule has 3 N–H and O–H groups in total. The maximum absolute atomic E-state index is 10.5. The van der Waals surface area contributed by atoms with Gasteiger partial charge in [-0.2, -0.15) is 0 Å². The van der Waals surface area contributed by atoms with Crippen molar-refractivity contribution in [2.45, 2.75) is 24.0 Å². The standard InChI is InChI=1S/C12H11ClN4O4/c1-2-12(20)8(19)6(3-18)21-11(12)17-5-16-7-9(13)14-4-15-10(7)17/h1,4-6,8,11,18-20H,3H2/t6-,8-,11-,12-/m1/s1. The van der Waals surface area contributed by atoms with E-state index in [1.54, 1.807) is 0 Å². The van der Waals surface area contributed by atoms with E-state index in [9.17, 15) is 15.3 Å². The van der Waals surface area contributed by atoms with E-state index < -0.39 is 30.6 Å². The Hall–Kier alpha value is -1.76. The second kappa shape index (κ2) is 4.91. The van der Waals surface area contributed by atoms with Gasteiger partial charge in [0.25, 0.3) is 0 Å². The first-order valence-electron chi connectivity index (χ1n) is 6.00. The smallest absolute Gasteiger partial charge is 0.199 e. The fourth-order valence-corrected chi connectivity index (χ4v) is 2.52. The van der Waals surface area contributed by atoms with Crippen LogP contribution in [-0.2, 0) is 4.74 Å². The van der Waals surface area contributed by atoms with Gasteiger partial charge in [-0.05, 0) is 0 Å². The monoisotopic (exact) mass is 310 g/mol. The molecule has 2 aromatic heterocycles. The van der Waals surface area contributed by atoms with Gasteiger partial charge in [-0.3, -0.25) is 4.57 Å². The SMILES string of the molecule is C#C[C@@]1(O)[C@H](O)[C@@H](CO)O[C@H]1n1cnc2c(Cl)ncnc21. The number of hydrogen-bond donors (Lipinski definition) is 3. The number of rotatable bonds is 2. The fraction of sp³-hybridized carbons (Fsp3) is 0.417. The molecule has 1 aliphatic rings. The number of nitrogens with zero attached hydrogens (tertiary/aromatic N) is 4. The predicted octanol–water partition coefficient (Wildman–Crippen LogP) is -0.905. The average Bonchev–Trinajstić information content (AvgIpc) is 3.01. The minimum absolute atomic E-state index is 0.139. The van der Waals surface area contributed by atoms with Crippen LogP contribution in [0.15, 0.2) is 12.7 Å². The Bertz CT molecular complexity index is 730. The molecule has 8 nitrogen and oxygen atoms in total. The van der Waals surface area contributed by atoms with Crippen LogP contribution in [0.2, 0.25) is 5.15 Å². The lowest BCUT2D eigenvalue weighted by Crippen LogP contribution is -2.45. The Kier molecular flexibility index (Phi) is 3.32. The topological polar surface area (TPSA) is 114 Å². The number of aliphatic hydroxyl groups is 3. The molecule has 0 bridgehead atoms. The van der Waals surface area contributed by atoms with Crippen LogP contribution in [0, 0.1) is 12.3 Å². The molecule has 4 atom stereocenters. The molecule has 2 aromatic rings. The third kappa shape index (κ3) is 1.91. The van der Waals surface area contributed by atoms with Crippen LogP contribution in [0.4, 0.5) is 0 Å². The van der Waals surface area contributed by atoms with E-state index in [-0.39, 0.29) is 5.15 Å². The zero-order valence-corrected chi connectivity index (χ0v) is 11.3. The molecule has 0 aromatic carbocycles. The van der Waals surface area contributed by atoms with E-state index in [1.165, 1.54) is 17.2 Å². The molecule has 9 heteroatoms. The molecule has 21 heavy (non-hydrogen) atoms. The van der Waals surface area contributed by atoms with Crippen molar-refractivity contribution in [1.29, 1.82) is 0 Å². The molecule has 1 fully saturated rings. The summed E-state index contributed by atoms with van der Waals surface area (Å²) in [6.07, 6.45) is 4.25. The summed E-state index contributed by atoms with van der Waals surface area (Å²) in [5.41, 5.74) is -1.43. The highest BCUT2D eigenvalue weighted by Crippen LogP contribution is 2.39. The Morgan fingerprint density at radius 2 is 2.24 bits per heavy atom. The van der Waals surface area contributed by atoms with Crippen molar-refractivity contribution in [1.82, 2.24) is 19.5 Å². The molecule has 0 unspecified atom stereocenters. The molecule has 3 rings (SSSR count). The van der Waals surface area contributed by atoms with E-state index >= 15 is 0 Å². The quantitative estimate of drug-likeness (QED) is 0.486. The van der Waals surface area contributed by atoms with Gasteiger partial charge in [-0.1, -0.05) is 17.5 Å². The second-order valence-corrected chi connectivity index (χ2v) is 4.97. The van der Waals surface area contributed by atoms with Crippen molar-refractivity contribution >= 4 is 22.8 Å². The molecular formula is C12H11ClN4O4. The predicted molar refractivity (Wildman–Crippen MR) is 71.1 cm³/mol. The van der Waals surface area contributed by atoms with Crippen LogP contribution in [0.3, 0.4) is 0 Å². The van der Waals surface area contributed by atoms with Crippen LogP contribution >= 0.6 is 11.6 Å². The number of ether oxygens (including phenoxy) is 1. The van der Waals surface area contributed by atoms with E-state index in [0.29, 0.717) is 11.2 Å². The maximum Gasteiger partial charge on any atom is 0.199 e. The van der Waals surface area contributed by atoms with Gasteiger partial charge in [0.15, 0.2) is 22.6 Å². The minimum Gasteiger partial charge on any atom is -0.394 e. The van der Waals surface area contributed by atoms with Gasteiger partial charge in [-0.25, -0.2) is 15.0 Å². The van der Waals surface area contributed by atoms with Crippen molar-refractivity contribution in [2.24, 2.45) is 0 Å². The van der Waals surface area contributed by atoms with E-state index in [2.05, 4.69) is 20.9 Å². The summed E-state index contributed by atoms with van der Waals surface area (Å²) in [7, 11) is 0. The Balaban J connectivity index is 2.14. The first-order valence-corrected chi connectivity index (χ1v) is 6.38. The molecule has 0 saturated carbocycles. The second-order valence-electron chi connectivity index (χ2n) is 4.61. The summed E-state index contributed by atoms with van der Waals surface area (Å²) in [5, 5.41) is 29.9. The molecule has 0 radical (unpaired) electrons. The van der Waals surface area contributed by atoms with Crippen LogP contribution < -0.4 is 0 Å². The first kappa shape index (κ1) is 14.2. The van der Waals surface area contributed by atoms with Gasteiger partial charge < -0.3 is 20.1 Å². The van der Waals surface area contributed by atoms with Crippen molar-refractivity contribution in [3.63, 3.8) is 0 Å². The van der Waals surface area contributed by atoms with Gasteiger partial charge in [0.1, 0.15) is 24.1 Å². The summed E-state index contributed by atoms with van der Waals surface area (Å²) in [6.45, 7) is -0.496. The van der Waals surface area contributed by atoms with Crippen LogP contribution in [0.25, 0.3) is 11.2 Å². The molecular weight excluding hydrogens is 300 g/mol.